The van der Waals surface area contributed by atoms with E-state index in [1.165, 1.54) is 4.57 Å². The fourth-order valence-electron chi connectivity index (χ4n) is 4.75. The molecule has 0 bridgehead atoms. The highest BCUT2D eigenvalue weighted by molar-refractivity contribution is 6.06. The number of rotatable bonds is 5. The second kappa shape index (κ2) is 9.22. The zero-order chi connectivity index (χ0) is 24.5. The number of hydrogen-bond donors (Lipinski definition) is 0. The first-order valence-electron chi connectivity index (χ1n) is 11.7. The van der Waals surface area contributed by atoms with Gasteiger partial charge in [0.05, 0.1) is 6.42 Å². The van der Waals surface area contributed by atoms with E-state index < -0.39 is 5.97 Å². The van der Waals surface area contributed by atoms with Crippen molar-refractivity contribution in [1.29, 1.82) is 0 Å². The zero-order valence-corrected chi connectivity index (χ0v) is 19.8. The highest BCUT2D eigenvalue weighted by Crippen LogP contribution is 2.31. The number of aryl methyl sites for hydroxylation is 1. The minimum Gasteiger partial charge on any atom is -0.460 e. The number of hydrogen-bond acceptors (Lipinski definition) is 4. The Bertz CT molecular complexity index is 1500. The summed E-state index contributed by atoms with van der Waals surface area (Å²) in [5.41, 5.74) is 4.53. The van der Waals surface area contributed by atoms with Crippen LogP contribution in [0.1, 0.15) is 28.0 Å². The molecule has 4 aromatic rings. The van der Waals surface area contributed by atoms with Crippen LogP contribution in [-0.2, 0) is 23.0 Å². The number of para-hydroxylation sites is 1. The van der Waals surface area contributed by atoms with Crippen LogP contribution in [0.2, 0.25) is 0 Å². The third-order valence-corrected chi connectivity index (χ3v) is 6.57. The van der Waals surface area contributed by atoms with Crippen molar-refractivity contribution in [2.24, 2.45) is 7.05 Å². The monoisotopic (exact) mass is 466 g/mol. The van der Waals surface area contributed by atoms with Gasteiger partial charge in [0.1, 0.15) is 12.3 Å². The molecule has 1 aliphatic rings. The Morgan fingerprint density at radius 3 is 2.37 bits per heavy atom. The fourth-order valence-corrected chi connectivity index (χ4v) is 4.75. The zero-order valence-electron chi connectivity index (χ0n) is 19.8. The Morgan fingerprint density at radius 2 is 1.60 bits per heavy atom. The molecule has 0 aliphatic carbocycles. The smallest absolute Gasteiger partial charge is 0.355 e. The molecule has 0 spiro atoms. The Kier molecular flexibility index (Phi) is 5.95. The number of esters is 1. The van der Waals surface area contributed by atoms with Crippen LogP contribution in [0.15, 0.2) is 77.6 Å². The van der Waals surface area contributed by atoms with Gasteiger partial charge in [-0.3, -0.25) is 9.59 Å². The van der Waals surface area contributed by atoms with Crippen LogP contribution in [0.4, 0.5) is 5.69 Å². The average Bonchev–Trinajstić information content (AvgIpc) is 3.31. The molecular weight excluding hydrogens is 440 g/mol. The molecule has 176 valence electrons. The molecule has 0 saturated carbocycles. The third-order valence-electron chi connectivity index (χ3n) is 6.57. The van der Waals surface area contributed by atoms with Gasteiger partial charge in [-0.1, -0.05) is 66.2 Å². The Labute approximate surface area is 203 Å². The van der Waals surface area contributed by atoms with Gasteiger partial charge >= 0.3 is 5.97 Å². The molecule has 0 N–H and O–H groups in total. The molecule has 1 aliphatic heterocycles. The Balaban J connectivity index is 1.43. The molecule has 5 rings (SSSR count). The Morgan fingerprint density at radius 1 is 0.914 bits per heavy atom. The van der Waals surface area contributed by atoms with Gasteiger partial charge in [0.15, 0.2) is 0 Å². The normalized spacial score (nSPS) is 12.6. The van der Waals surface area contributed by atoms with E-state index in [1.54, 1.807) is 18.0 Å². The largest absolute Gasteiger partial charge is 0.460 e. The number of benzene rings is 3. The van der Waals surface area contributed by atoms with Gasteiger partial charge in [-0.15, -0.1) is 0 Å². The van der Waals surface area contributed by atoms with Crippen LogP contribution in [0.3, 0.4) is 0 Å². The maximum atomic E-state index is 13.3. The number of pyridine rings is 1. The van der Waals surface area contributed by atoms with E-state index in [9.17, 15) is 14.4 Å². The van der Waals surface area contributed by atoms with Crippen LogP contribution in [0.25, 0.3) is 21.9 Å². The molecule has 6 nitrogen and oxygen atoms in total. The molecule has 0 radical (unpaired) electrons. The van der Waals surface area contributed by atoms with E-state index >= 15 is 0 Å². The number of carbonyl (C=O) groups excluding carboxylic acids is 2. The first-order valence-corrected chi connectivity index (χ1v) is 11.7. The maximum absolute atomic E-state index is 13.3. The molecule has 35 heavy (non-hydrogen) atoms. The van der Waals surface area contributed by atoms with Gasteiger partial charge < -0.3 is 14.2 Å². The quantitative estimate of drug-likeness (QED) is 0.402. The molecule has 1 amide bonds. The molecular formula is C29H26N2O4. The lowest BCUT2D eigenvalue weighted by Gasteiger charge is -2.18. The Hall–Kier alpha value is -4.19. The van der Waals surface area contributed by atoms with E-state index in [1.807, 2.05) is 73.7 Å². The summed E-state index contributed by atoms with van der Waals surface area (Å²) < 4.78 is 6.92. The van der Waals surface area contributed by atoms with E-state index in [2.05, 4.69) is 0 Å². The molecule has 3 aromatic carbocycles. The topological polar surface area (TPSA) is 68.6 Å². The summed E-state index contributed by atoms with van der Waals surface area (Å²) >= 11 is 0. The molecule has 1 aromatic heterocycles. The summed E-state index contributed by atoms with van der Waals surface area (Å²) in [5, 5.41) is 1.22. The standard InChI is InChI=1S/C29H26N2O4/c1-19-11-13-21(14-12-19)26-22-8-4-5-9-23(22)28(33)30(2)27(26)29(34)35-18-16-25(32)31-17-15-20-7-3-6-10-24(20)31/h3-14H,15-18H2,1-2H3. The summed E-state index contributed by atoms with van der Waals surface area (Å²) in [7, 11) is 1.58. The molecule has 0 fully saturated rings. The van der Waals surface area contributed by atoms with Crippen molar-refractivity contribution < 1.29 is 14.3 Å². The number of nitrogens with zero attached hydrogens (tertiary/aromatic N) is 2. The lowest BCUT2D eigenvalue weighted by Crippen LogP contribution is -2.30. The number of aromatic nitrogens is 1. The van der Waals surface area contributed by atoms with Gasteiger partial charge in [0, 0.05) is 30.2 Å². The predicted molar refractivity (Wildman–Crippen MR) is 137 cm³/mol. The lowest BCUT2D eigenvalue weighted by molar-refractivity contribution is -0.119. The number of fused-ring (bicyclic) bond motifs is 2. The van der Waals surface area contributed by atoms with E-state index in [0.29, 0.717) is 22.9 Å². The molecule has 6 heteroatoms. The first-order chi connectivity index (χ1) is 17.0. The highest BCUT2D eigenvalue weighted by Gasteiger charge is 2.26. The molecule has 0 unspecified atom stereocenters. The highest BCUT2D eigenvalue weighted by atomic mass is 16.5. The van der Waals surface area contributed by atoms with Crippen LogP contribution in [0, 0.1) is 6.92 Å². The van der Waals surface area contributed by atoms with Gasteiger partial charge in [0.25, 0.3) is 5.56 Å². The summed E-state index contributed by atoms with van der Waals surface area (Å²) in [6.45, 7) is 2.56. The number of ether oxygens (including phenoxy) is 1. The minimum atomic E-state index is -0.624. The van der Waals surface area contributed by atoms with Gasteiger partial charge in [-0.2, -0.15) is 0 Å². The van der Waals surface area contributed by atoms with Gasteiger partial charge in [0.2, 0.25) is 5.91 Å². The maximum Gasteiger partial charge on any atom is 0.355 e. The van der Waals surface area contributed by atoms with Crippen molar-refractivity contribution in [3.8, 4) is 11.1 Å². The van der Waals surface area contributed by atoms with Crippen LogP contribution in [-0.4, -0.2) is 29.6 Å². The van der Waals surface area contributed by atoms with Gasteiger partial charge in [-0.05, 0) is 42.0 Å². The van der Waals surface area contributed by atoms with Crippen LogP contribution in [0.5, 0.6) is 0 Å². The third kappa shape index (κ3) is 4.12. The summed E-state index contributed by atoms with van der Waals surface area (Å²) in [6.07, 6.45) is 0.891. The van der Waals surface area contributed by atoms with Crippen LogP contribution >= 0.6 is 0 Å². The summed E-state index contributed by atoms with van der Waals surface area (Å²) in [6, 6.07) is 22.9. The van der Waals surface area contributed by atoms with Crippen molar-refractivity contribution in [3.63, 3.8) is 0 Å². The van der Waals surface area contributed by atoms with Crippen LogP contribution < -0.4 is 10.5 Å². The van der Waals surface area contributed by atoms with E-state index in [0.717, 1.165) is 28.8 Å². The van der Waals surface area contributed by atoms with Gasteiger partial charge in [-0.25, -0.2) is 4.79 Å². The van der Waals surface area contributed by atoms with Crippen molar-refractivity contribution >= 4 is 28.3 Å². The van der Waals surface area contributed by atoms with Crippen molar-refractivity contribution in [3.05, 3.63) is 100.0 Å². The number of anilines is 1. The fraction of sp³-hybridized carbons (Fsp3) is 0.207. The minimum absolute atomic E-state index is 0.0648. The van der Waals surface area contributed by atoms with Crippen molar-refractivity contribution in [1.82, 2.24) is 4.57 Å². The molecule has 2 heterocycles. The average molecular weight is 467 g/mol. The second-order valence-corrected chi connectivity index (χ2v) is 8.81. The van der Waals surface area contributed by atoms with E-state index in [-0.39, 0.29) is 30.2 Å². The lowest BCUT2D eigenvalue weighted by atomic mass is 9.96. The second-order valence-electron chi connectivity index (χ2n) is 8.81. The first kappa shape index (κ1) is 22.6. The summed E-state index contributed by atoms with van der Waals surface area (Å²) in [5.74, 6) is -0.713. The number of carbonyl (C=O) groups is 2. The predicted octanol–water partition coefficient (Wildman–Crippen LogP) is 4.65. The molecule has 0 saturated heterocycles. The van der Waals surface area contributed by atoms with Crippen molar-refractivity contribution in [2.45, 2.75) is 19.8 Å². The number of amides is 1. The molecule has 0 atom stereocenters. The SMILES string of the molecule is Cc1ccc(-c2c(C(=O)OCCC(=O)N3CCc4ccccc43)n(C)c(=O)c3ccccc23)cc1. The summed E-state index contributed by atoms with van der Waals surface area (Å²) in [4.78, 5) is 40.9. The van der Waals surface area contributed by atoms with E-state index in [4.69, 9.17) is 4.74 Å². The van der Waals surface area contributed by atoms with Crippen molar-refractivity contribution in [2.75, 3.05) is 18.1 Å².